The molecule has 1 aromatic rings. The van der Waals surface area contributed by atoms with Gasteiger partial charge in [-0.25, -0.2) is 4.79 Å². The summed E-state index contributed by atoms with van der Waals surface area (Å²) in [6.07, 6.45) is 0.309. The Kier molecular flexibility index (Phi) is 6.81. The molecule has 1 rings (SSSR count). The lowest BCUT2D eigenvalue weighted by molar-refractivity contribution is -0.757. The molecular weight excluding hydrogens is 294 g/mol. The second-order valence-electron chi connectivity index (χ2n) is 4.60. The maximum atomic E-state index is 11.2. The van der Waals surface area contributed by atoms with Crippen molar-refractivity contribution >= 4 is 11.9 Å². The molecule has 0 radical (unpaired) electrons. The van der Waals surface area contributed by atoms with E-state index < -0.39 is 23.1 Å². The van der Waals surface area contributed by atoms with E-state index in [1.165, 1.54) is 13.0 Å². The van der Waals surface area contributed by atoms with Crippen LogP contribution in [-0.2, 0) is 20.8 Å². The molecule has 0 amide bonds. The zero-order valence-corrected chi connectivity index (χ0v) is 12.1. The van der Waals surface area contributed by atoms with Gasteiger partial charge in [-0.1, -0.05) is 18.2 Å². The SMILES string of the molecule is CC(=O)OC(CCCO[N+](=O)[O-])Cc1ccccc1C(=O)O. The van der Waals surface area contributed by atoms with Crippen molar-refractivity contribution in [2.75, 3.05) is 6.61 Å². The van der Waals surface area contributed by atoms with Crippen LogP contribution >= 0.6 is 0 Å². The van der Waals surface area contributed by atoms with E-state index >= 15 is 0 Å². The standard InChI is InChI=1S/C14H17NO7/c1-10(16)22-12(6-4-8-21-15(19)20)9-11-5-2-3-7-13(11)14(17)18/h2-3,5,7,12H,4,6,8-9H2,1H3,(H,17,18). The van der Waals surface area contributed by atoms with Crippen LogP contribution in [0.5, 0.6) is 0 Å². The number of nitrogens with zero attached hydrogens (tertiary/aromatic N) is 1. The van der Waals surface area contributed by atoms with Crippen LogP contribution in [0.2, 0.25) is 0 Å². The van der Waals surface area contributed by atoms with Crippen molar-refractivity contribution in [3.8, 4) is 0 Å². The molecule has 0 spiro atoms. The van der Waals surface area contributed by atoms with E-state index in [-0.39, 0.29) is 18.6 Å². The van der Waals surface area contributed by atoms with Crippen LogP contribution in [0, 0.1) is 10.1 Å². The minimum Gasteiger partial charge on any atom is -0.478 e. The van der Waals surface area contributed by atoms with E-state index in [2.05, 4.69) is 4.84 Å². The number of carbonyl (C=O) groups is 2. The highest BCUT2D eigenvalue weighted by atomic mass is 16.9. The summed E-state index contributed by atoms with van der Waals surface area (Å²) < 4.78 is 5.14. The van der Waals surface area contributed by atoms with E-state index in [0.717, 1.165) is 0 Å². The van der Waals surface area contributed by atoms with Gasteiger partial charge in [-0.05, 0) is 24.5 Å². The van der Waals surface area contributed by atoms with Gasteiger partial charge >= 0.3 is 11.9 Å². The van der Waals surface area contributed by atoms with Crippen LogP contribution in [0.25, 0.3) is 0 Å². The molecule has 1 aromatic carbocycles. The van der Waals surface area contributed by atoms with Gasteiger partial charge in [0.1, 0.15) is 6.10 Å². The summed E-state index contributed by atoms with van der Waals surface area (Å²) in [5.74, 6) is -1.55. The summed E-state index contributed by atoms with van der Waals surface area (Å²) in [5, 5.41) is 18.3. The zero-order valence-electron chi connectivity index (χ0n) is 12.1. The molecule has 1 unspecified atom stereocenters. The minimum absolute atomic E-state index is 0.106. The average Bonchev–Trinajstić information content (AvgIpc) is 2.43. The number of esters is 1. The molecule has 8 heteroatoms. The number of benzene rings is 1. The van der Waals surface area contributed by atoms with Crippen molar-refractivity contribution in [3.63, 3.8) is 0 Å². The first-order valence-electron chi connectivity index (χ1n) is 6.66. The summed E-state index contributed by atoms with van der Waals surface area (Å²) in [6, 6.07) is 6.42. The Labute approximate surface area is 126 Å². The lowest BCUT2D eigenvalue weighted by Gasteiger charge is -2.18. The third-order valence-electron chi connectivity index (χ3n) is 2.90. The quantitative estimate of drug-likeness (QED) is 0.320. The molecule has 8 nitrogen and oxygen atoms in total. The fourth-order valence-electron chi connectivity index (χ4n) is 2.04. The van der Waals surface area contributed by atoms with E-state index in [0.29, 0.717) is 18.4 Å². The lowest BCUT2D eigenvalue weighted by atomic mass is 9.99. The molecule has 0 heterocycles. The topological polar surface area (TPSA) is 116 Å². The van der Waals surface area contributed by atoms with Gasteiger partial charge < -0.3 is 14.7 Å². The molecule has 1 atom stereocenters. The summed E-state index contributed by atoms with van der Waals surface area (Å²) in [4.78, 5) is 36.5. The van der Waals surface area contributed by atoms with E-state index in [1.54, 1.807) is 18.2 Å². The maximum Gasteiger partial charge on any atom is 0.335 e. The number of carbonyl (C=O) groups excluding carboxylic acids is 1. The van der Waals surface area contributed by atoms with Gasteiger partial charge in [0.2, 0.25) is 0 Å². The van der Waals surface area contributed by atoms with Gasteiger partial charge in [-0.3, -0.25) is 4.79 Å². The predicted molar refractivity (Wildman–Crippen MR) is 74.8 cm³/mol. The van der Waals surface area contributed by atoms with Crippen LogP contribution < -0.4 is 0 Å². The van der Waals surface area contributed by atoms with Gasteiger partial charge in [0.15, 0.2) is 0 Å². The van der Waals surface area contributed by atoms with Crippen LogP contribution in [0.15, 0.2) is 24.3 Å². The number of carboxylic acids is 1. The molecule has 0 aromatic heterocycles. The van der Waals surface area contributed by atoms with Crippen molar-refractivity contribution < 1.29 is 29.4 Å². The third-order valence-corrected chi connectivity index (χ3v) is 2.90. The smallest absolute Gasteiger partial charge is 0.335 e. The highest BCUT2D eigenvalue weighted by Gasteiger charge is 2.17. The van der Waals surface area contributed by atoms with Gasteiger partial charge in [0, 0.05) is 13.3 Å². The molecule has 120 valence electrons. The molecule has 0 saturated carbocycles. The molecule has 0 saturated heterocycles. The highest BCUT2D eigenvalue weighted by molar-refractivity contribution is 5.89. The molecule has 0 aliphatic heterocycles. The Morgan fingerprint density at radius 3 is 2.64 bits per heavy atom. The Bertz CT molecular complexity index is 544. The maximum absolute atomic E-state index is 11.2. The van der Waals surface area contributed by atoms with Crippen molar-refractivity contribution in [1.29, 1.82) is 0 Å². The highest BCUT2D eigenvalue weighted by Crippen LogP contribution is 2.16. The number of carboxylic acid groups (broad SMARTS) is 1. The first-order valence-corrected chi connectivity index (χ1v) is 6.66. The van der Waals surface area contributed by atoms with E-state index in [9.17, 15) is 19.7 Å². The van der Waals surface area contributed by atoms with Crippen molar-refractivity contribution in [3.05, 3.63) is 45.5 Å². The predicted octanol–water partition coefficient (Wildman–Crippen LogP) is 1.85. The first kappa shape index (κ1) is 17.4. The van der Waals surface area contributed by atoms with Crippen LogP contribution in [-0.4, -0.2) is 34.8 Å². The van der Waals surface area contributed by atoms with E-state index in [1.807, 2.05) is 0 Å². The van der Waals surface area contributed by atoms with Gasteiger partial charge in [-0.2, -0.15) is 0 Å². The summed E-state index contributed by atoms with van der Waals surface area (Å²) in [6.45, 7) is 1.15. The molecule has 22 heavy (non-hydrogen) atoms. The molecule has 1 N–H and O–H groups in total. The third kappa shape index (κ3) is 6.21. The van der Waals surface area contributed by atoms with Gasteiger partial charge in [0.05, 0.1) is 12.2 Å². The first-order chi connectivity index (χ1) is 10.4. The van der Waals surface area contributed by atoms with Crippen LogP contribution in [0.3, 0.4) is 0 Å². The normalized spacial score (nSPS) is 11.5. The van der Waals surface area contributed by atoms with Crippen molar-refractivity contribution in [2.24, 2.45) is 0 Å². The van der Waals surface area contributed by atoms with Gasteiger partial charge in [0.25, 0.3) is 5.09 Å². The molecule has 0 bridgehead atoms. The van der Waals surface area contributed by atoms with E-state index in [4.69, 9.17) is 9.84 Å². The van der Waals surface area contributed by atoms with Crippen molar-refractivity contribution in [2.45, 2.75) is 32.3 Å². The summed E-state index contributed by atoms with van der Waals surface area (Å²) in [7, 11) is 0. The second-order valence-corrected chi connectivity index (χ2v) is 4.60. The van der Waals surface area contributed by atoms with Crippen LogP contribution in [0.1, 0.15) is 35.7 Å². The fraction of sp³-hybridized carbons (Fsp3) is 0.429. The largest absolute Gasteiger partial charge is 0.478 e. The summed E-state index contributed by atoms with van der Waals surface area (Å²) in [5.41, 5.74) is 0.678. The number of rotatable bonds is 9. The monoisotopic (exact) mass is 311 g/mol. The lowest BCUT2D eigenvalue weighted by Crippen LogP contribution is -2.21. The fourth-order valence-corrected chi connectivity index (χ4v) is 2.04. The van der Waals surface area contributed by atoms with Gasteiger partial charge in [-0.15, -0.1) is 10.1 Å². The molecule has 0 aliphatic rings. The minimum atomic E-state index is -1.06. The van der Waals surface area contributed by atoms with Crippen molar-refractivity contribution in [1.82, 2.24) is 0 Å². The number of hydrogen-bond donors (Lipinski definition) is 1. The molecular formula is C14H17NO7. The Hall–Kier alpha value is -2.64. The zero-order chi connectivity index (χ0) is 16.5. The van der Waals surface area contributed by atoms with Crippen LogP contribution in [0.4, 0.5) is 0 Å². The number of ether oxygens (including phenoxy) is 1. The Morgan fingerprint density at radius 1 is 1.36 bits per heavy atom. The number of aromatic carboxylic acids is 1. The molecule has 0 fully saturated rings. The second kappa shape index (κ2) is 8.60. The molecule has 0 aliphatic carbocycles. The Balaban J connectivity index is 2.70. The average molecular weight is 311 g/mol. The Morgan fingerprint density at radius 2 is 2.05 bits per heavy atom. The number of hydrogen-bond acceptors (Lipinski definition) is 6. The summed E-state index contributed by atoms with van der Waals surface area (Å²) >= 11 is 0.